The molecule has 2 saturated heterocycles. The second kappa shape index (κ2) is 23.0. The first kappa shape index (κ1) is 51.2. The van der Waals surface area contributed by atoms with Crippen molar-refractivity contribution in [3.63, 3.8) is 0 Å². The van der Waals surface area contributed by atoms with Crippen LogP contribution in [-0.4, -0.2) is 99.6 Å². The average Bonchev–Trinajstić information content (AvgIpc) is 4.16. The largest absolute Gasteiger partial charge is 0.508 e. The van der Waals surface area contributed by atoms with Crippen molar-refractivity contribution >= 4 is 30.2 Å². The number of unbranched alkanes of at least 4 members (excludes halogenated alkanes) is 1. The molecule has 14 heteroatoms. The van der Waals surface area contributed by atoms with Gasteiger partial charge in [-0.3, -0.25) is 14.2 Å². The highest BCUT2D eigenvalue weighted by atomic mass is 31.2. The normalized spacial score (nSPS) is 15.1. The summed E-state index contributed by atoms with van der Waals surface area (Å²) in [6, 6.07) is 40.9. The molecule has 0 spiro atoms. The number of fused-ring (bicyclic) bond motifs is 2. The summed E-state index contributed by atoms with van der Waals surface area (Å²) in [5.74, 6) is 2.55. The number of ketones is 1. The molecule has 0 bridgehead atoms. The van der Waals surface area contributed by atoms with E-state index in [0.29, 0.717) is 47.9 Å². The average molecular weight is 1010 g/mol. The molecule has 1 aliphatic carbocycles. The maximum absolute atomic E-state index is 14.8. The number of phenolic OH excluding ortho intramolecular Hbond substituents is 1. The summed E-state index contributed by atoms with van der Waals surface area (Å²) >= 11 is 0. The Labute approximate surface area is 427 Å². The highest BCUT2D eigenvalue weighted by Gasteiger charge is 2.40. The number of ether oxygens (including phenoxy) is 4. The highest BCUT2D eigenvalue weighted by Crippen LogP contribution is 2.48. The molecule has 4 aliphatic rings. The molecular weight excluding hydrogens is 942 g/mol. The zero-order valence-corrected chi connectivity index (χ0v) is 43.0. The minimum atomic E-state index is -3.66. The van der Waals surface area contributed by atoms with Gasteiger partial charge in [-0.25, -0.2) is 0 Å². The number of likely N-dealkylation sites (tertiary alicyclic amines) is 2. The first-order chi connectivity index (χ1) is 35.4. The molecule has 1 N–H and O–H groups in total. The Balaban J connectivity index is 0.948. The molecule has 2 fully saturated rings. The van der Waals surface area contributed by atoms with Crippen molar-refractivity contribution in [3.8, 4) is 39.7 Å². The molecule has 5 aromatic carbocycles. The summed E-state index contributed by atoms with van der Waals surface area (Å²) in [5, 5.41) is 11.0. The van der Waals surface area contributed by atoms with E-state index in [-0.39, 0.29) is 36.6 Å². The molecular formula is C59H64N3O10P. The molecule has 2 atom stereocenters. The SMILES string of the molecule is COc1ccc(C(OCC(COCCCCC(=O)c2ccc(C)c(-c3c4ccc(=O)cc-4oc4cc(O)ccc34)c2)OP(C)(=O)N=C(N2CCCC2)N2CCCC2)(c2ccccc2)c2ccc(OC)cc2)cc1. The smallest absolute Gasteiger partial charge is 0.315 e. The predicted octanol–water partition coefficient (Wildman–Crippen LogP) is 11.7. The summed E-state index contributed by atoms with van der Waals surface area (Å²) in [7, 11) is -0.391. The van der Waals surface area contributed by atoms with Crippen molar-refractivity contribution in [2.24, 2.45) is 4.76 Å². The molecule has 0 radical (unpaired) electrons. The molecule has 5 aromatic rings. The zero-order chi connectivity index (χ0) is 51.0. The van der Waals surface area contributed by atoms with Gasteiger partial charge < -0.3 is 42.8 Å². The van der Waals surface area contributed by atoms with Crippen molar-refractivity contribution in [2.45, 2.75) is 63.6 Å². The molecule has 3 aliphatic heterocycles. The van der Waals surface area contributed by atoms with Crippen LogP contribution in [0.15, 0.2) is 147 Å². The Morgan fingerprint density at radius 3 is 2.00 bits per heavy atom. The predicted molar refractivity (Wildman–Crippen MR) is 286 cm³/mol. The number of carbonyl (C=O) groups excluding carboxylic acids is 1. The van der Waals surface area contributed by atoms with Gasteiger partial charge in [-0.2, -0.15) is 4.76 Å². The third kappa shape index (κ3) is 11.7. The Hall–Kier alpha value is -6.76. The van der Waals surface area contributed by atoms with Crippen molar-refractivity contribution in [3.05, 3.63) is 172 Å². The Kier molecular flexibility index (Phi) is 16.1. The molecule has 2 unspecified atom stereocenters. The summed E-state index contributed by atoms with van der Waals surface area (Å²) in [4.78, 5) is 30.7. The van der Waals surface area contributed by atoms with Crippen molar-refractivity contribution in [2.75, 3.05) is 66.9 Å². The van der Waals surface area contributed by atoms with Crippen LogP contribution >= 0.6 is 7.52 Å². The number of nitrogens with zero attached hydrogens (tertiary/aromatic N) is 3. The lowest BCUT2D eigenvalue weighted by molar-refractivity contribution is -0.0544. The number of hydrogen-bond donors (Lipinski definition) is 1. The Morgan fingerprint density at radius 2 is 1.37 bits per heavy atom. The topological polar surface area (TPSA) is 150 Å². The molecule has 9 rings (SSSR count). The molecule has 13 nitrogen and oxygen atoms in total. The van der Waals surface area contributed by atoms with E-state index < -0.39 is 19.2 Å². The van der Waals surface area contributed by atoms with Gasteiger partial charge in [-0.15, -0.1) is 0 Å². The molecule has 0 amide bonds. The summed E-state index contributed by atoms with van der Waals surface area (Å²) in [5.41, 5.74) is 5.52. The number of hydrogen-bond acceptors (Lipinski definition) is 10. The fourth-order valence-electron chi connectivity index (χ4n) is 10.1. The molecule has 73 heavy (non-hydrogen) atoms. The van der Waals surface area contributed by atoms with Crippen LogP contribution in [0, 0.1) is 6.92 Å². The Morgan fingerprint density at radius 1 is 0.740 bits per heavy atom. The van der Waals surface area contributed by atoms with Gasteiger partial charge in [-0.05, 0) is 128 Å². The van der Waals surface area contributed by atoms with Crippen molar-refractivity contribution in [1.29, 1.82) is 0 Å². The lowest BCUT2D eigenvalue weighted by atomic mass is 9.80. The third-order valence-electron chi connectivity index (χ3n) is 13.8. The van der Waals surface area contributed by atoms with E-state index in [9.17, 15) is 19.3 Å². The summed E-state index contributed by atoms with van der Waals surface area (Å²) in [6.45, 7) is 7.35. The number of rotatable bonds is 20. The molecule has 380 valence electrons. The quantitative estimate of drug-likeness (QED) is 0.0147. The number of carbonyl (C=O) groups is 1. The number of Topliss-reactive ketones (excluding diaryl/α,β-unsaturated/α-hetero) is 1. The standard InChI is InChI=1S/C59H64N3O10P/c1-41-17-18-42(36-53(41)57-51-29-23-46(63)37-55(51)71-56-38-47(64)24-30-52(56)57)54(65)16-8-13-35-69-39-50(72-73(4,66)60-58(61-31-9-10-32-61)62-33-11-12-34-62)40-70-59(43-14-6-5-7-15-43,44-19-25-48(67-2)26-20-44)45-21-27-49(68-3)28-22-45/h5-7,14-15,17-30,36-38,50,63H,8-13,16,31-35,39-40H2,1-4H3. The maximum atomic E-state index is 14.8. The molecule has 0 saturated carbocycles. The van der Waals surface area contributed by atoms with Crippen LogP contribution in [-0.2, 0) is 24.2 Å². The van der Waals surface area contributed by atoms with E-state index in [1.54, 1.807) is 39.1 Å². The van der Waals surface area contributed by atoms with Gasteiger partial charge in [0.25, 0.3) is 0 Å². The van der Waals surface area contributed by atoms with E-state index in [1.807, 2.05) is 104 Å². The first-order valence-electron chi connectivity index (χ1n) is 25.2. The van der Waals surface area contributed by atoms with Crippen molar-refractivity contribution < 1.29 is 42.4 Å². The highest BCUT2D eigenvalue weighted by molar-refractivity contribution is 7.57. The van der Waals surface area contributed by atoms with Gasteiger partial charge >= 0.3 is 7.52 Å². The fourth-order valence-corrected chi connectivity index (χ4v) is 11.4. The van der Waals surface area contributed by atoms with Gasteiger partial charge in [0.05, 0.1) is 27.4 Å². The second-order valence-electron chi connectivity index (χ2n) is 18.9. The van der Waals surface area contributed by atoms with Gasteiger partial charge in [0.2, 0.25) is 5.96 Å². The third-order valence-corrected chi connectivity index (χ3v) is 15.0. The first-order valence-corrected chi connectivity index (χ1v) is 27.2. The monoisotopic (exact) mass is 1010 g/mol. The minimum Gasteiger partial charge on any atom is -0.508 e. The van der Waals surface area contributed by atoms with Crippen LogP contribution < -0.4 is 14.9 Å². The van der Waals surface area contributed by atoms with E-state index in [1.165, 1.54) is 18.2 Å². The molecule has 0 aromatic heterocycles. The van der Waals surface area contributed by atoms with E-state index >= 15 is 0 Å². The van der Waals surface area contributed by atoms with Crippen LogP contribution in [0.5, 0.6) is 17.2 Å². The van der Waals surface area contributed by atoms with E-state index in [4.69, 9.17) is 32.7 Å². The number of methoxy groups -OCH3 is 2. The number of benzene rings is 6. The van der Waals surface area contributed by atoms with Crippen molar-refractivity contribution in [1.82, 2.24) is 9.80 Å². The van der Waals surface area contributed by atoms with Gasteiger partial charge in [-0.1, -0.05) is 66.7 Å². The summed E-state index contributed by atoms with van der Waals surface area (Å²) < 4.78 is 57.2. The van der Waals surface area contributed by atoms with Crippen LogP contribution in [0.4, 0.5) is 0 Å². The maximum Gasteiger partial charge on any atom is 0.315 e. The van der Waals surface area contributed by atoms with Gasteiger partial charge in [0, 0.05) is 80.1 Å². The van der Waals surface area contributed by atoms with E-state index in [2.05, 4.69) is 9.80 Å². The summed E-state index contributed by atoms with van der Waals surface area (Å²) in [6.07, 6.45) is 4.83. The minimum absolute atomic E-state index is 0.0173. The fraction of sp³-hybridized carbons (Fsp3) is 0.339. The second-order valence-corrected chi connectivity index (χ2v) is 21.0. The number of phenols is 1. The molecule has 3 heterocycles. The van der Waals surface area contributed by atoms with Crippen LogP contribution in [0.1, 0.15) is 77.6 Å². The van der Waals surface area contributed by atoms with Crippen LogP contribution in [0.2, 0.25) is 0 Å². The lowest BCUT2D eigenvalue weighted by Crippen LogP contribution is -2.41. The van der Waals surface area contributed by atoms with Gasteiger partial charge in [0.1, 0.15) is 40.3 Å². The van der Waals surface area contributed by atoms with E-state index in [0.717, 1.165) is 102 Å². The zero-order valence-electron chi connectivity index (χ0n) is 42.1. The lowest BCUT2D eigenvalue weighted by Gasteiger charge is -2.37. The number of aryl methyl sites for hydroxylation is 1. The van der Waals surface area contributed by atoms with Crippen LogP contribution in [0.3, 0.4) is 0 Å². The Bertz CT molecular complexity index is 3040. The van der Waals surface area contributed by atoms with Crippen LogP contribution in [0.25, 0.3) is 33.4 Å². The number of aromatic hydroxyl groups is 1. The van der Waals surface area contributed by atoms with Gasteiger partial charge in [0.15, 0.2) is 11.2 Å². The number of guanidine groups is 1.